The SMILES string of the molecule is Cc1cccc(N2CC(C(=O)NC3CCN(C(=O)c4ccco4)CC3)CC2=O)c1C. The van der Waals surface area contributed by atoms with Crippen molar-refractivity contribution in [1.29, 1.82) is 0 Å². The highest BCUT2D eigenvalue weighted by Crippen LogP contribution is 2.29. The Balaban J connectivity index is 1.31. The van der Waals surface area contributed by atoms with Crippen molar-refractivity contribution < 1.29 is 18.8 Å². The van der Waals surface area contributed by atoms with Crippen molar-refractivity contribution in [3.63, 3.8) is 0 Å². The van der Waals surface area contributed by atoms with Crippen LogP contribution in [0.2, 0.25) is 0 Å². The maximum Gasteiger partial charge on any atom is 0.289 e. The number of furan rings is 1. The van der Waals surface area contributed by atoms with Crippen molar-refractivity contribution in [2.45, 2.75) is 39.2 Å². The van der Waals surface area contributed by atoms with Gasteiger partial charge in [0.15, 0.2) is 5.76 Å². The van der Waals surface area contributed by atoms with Gasteiger partial charge in [0.2, 0.25) is 11.8 Å². The van der Waals surface area contributed by atoms with Crippen LogP contribution in [0.1, 0.15) is 40.9 Å². The second kappa shape index (κ2) is 8.34. The van der Waals surface area contributed by atoms with Gasteiger partial charge in [-0.1, -0.05) is 12.1 Å². The summed E-state index contributed by atoms with van der Waals surface area (Å²) >= 11 is 0. The molecule has 4 rings (SSSR count). The minimum absolute atomic E-state index is 0.0114. The molecule has 0 saturated carbocycles. The number of benzene rings is 1. The number of anilines is 1. The number of carbonyl (C=O) groups is 3. The highest BCUT2D eigenvalue weighted by Gasteiger charge is 2.37. The Morgan fingerprint density at radius 3 is 2.57 bits per heavy atom. The predicted molar refractivity (Wildman–Crippen MR) is 112 cm³/mol. The number of hydrogen-bond donors (Lipinski definition) is 1. The van der Waals surface area contributed by atoms with Crippen LogP contribution in [-0.4, -0.2) is 48.3 Å². The first kappa shape index (κ1) is 20.2. The van der Waals surface area contributed by atoms with Gasteiger partial charge in [0.05, 0.1) is 12.2 Å². The first-order valence-electron chi connectivity index (χ1n) is 10.4. The van der Waals surface area contributed by atoms with E-state index in [1.54, 1.807) is 21.9 Å². The van der Waals surface area contributed by atoms with E-state index in [2.05, 4.69) is 5.32 Å². The topological polar surface area (TPSA) is 82.9 Å². The smallest absolute Gasteiger partial charge is 0.289 e. The largest absolute Gasteiger partial charge is 0.459 e. The van der Waals surface area contributed by atoms with Crippen LogP contribution >= 0.6 is 0 Å². The highest BCUT2D eigenvalue weighted by atomic mass is 16.3. The van der Waals surface area contributed by atoms with Gasteiger partial charge in [0.1, 0.15) is 0 Å². The standard InChI is InChI=1S/C23H27N3O4/c1-15-5-3-6-19(16(15)2)26-14-17(13-21(26)27)22(28)24-18-8-10-25(11-9-18)23(29)20-7-4-12-30-20/h3-7,12,17-18H,8-11,13-14H2,1-2H3,(H,24,28). The van der Waals surface area contributed by atoms with Gasteiger partial charge in [-0.3, -0.25) is 14.4 Å². The van der Waals surface area contributed by atoms with Crippen molar-refractivity contribution in [2.24, 2.45) is 5.92 Å². The van der Waals surface area contributed by atoms with E-state index in [0.29, 0.717) is 38.2 Å². The van der Waals surface area contributed by atoms with Crippen LogP contribution in [0.5, 0.6) is 0 Å². The Morgan fingerprint density at radius 2 is 1.87 bits per heavy atom. The summed E-state index contributed by atoms with van der Waals surface area (Å²) in [7, 11) is 0. The van der Waals surface area contributed by atoms with Gasteiger partial charge in [-0.25, -0.2) is 0 Å². The Labute approximate surface area is 176 Å². The zero-order chi connectivity index (χ0) is 21.3. The summed E-state index contributed by atoms with van der Waals surface area (Å²) in [6.07, 6.45) is 3.11. The summed E-state index contributed by atoms with van der Waals surface area (Å²) in [4.78, 5) is 41.2. The summed E-state index contributed by atoms with van der Waals surface area (Å²) in [5, 5.41) is 3.09. The molecule has 2 aliphatic rings. The van der Waals surface area contributed by atoms with Crippen molar-refractivity contribution in [2.75, 3.05) is 24.5 Å². The molecule has 0 aliphatic carbocycles. The van der Waals surface area contributed by atoms with E-state index in [1.165, 1.54) is 6.26 Å². The fraction of sp³-hybridized carbons (Fsp3) is 0.435. The predicted octanol–water partition coefficient (Wildman–Crippen LogP) is 2.67. The maximum atomic E-state index is 12.8. The Kier molecular flexibility index (Phi) is 5.61. The van der Waals surface area contributed by atoms with E-state index < -0.39 is 0 Å². The highest BCUT2D eigenvalue weighted by molar-refractivity contribution is 6.01. The average molecular weight is 409 g/mol. The fourth-order valence-corrected chi connectivity index (χ4v) is 4.25. The summed E-state index contributed by atoms with van der Waals surface area (Å²) in [6.45, 7) is 5.58. The Morgan fingerprint density at radius 1 is 1.10 bits per heavy atom. The molecular weight excluding hydrogens is 382 g/mol. The van der Waals surface area contributed by atoms with Crippen LogP contribution < -0.4 is 10.2 Å². The molecule has 1 N–H and O–H groups in total. The monoisotopic (exact) mass is 409 g/mol. The first-order valence-corrected chi connectivity index (χ1v) is 10.4. The Bertz CT molecular complexity index is 945. The quantitative estimate of drug-likeness (QED) is 0.842. The lowest BCUT2D eigenvalue weighted by Gasteiger charge is -2.32. The first-order chi connectivity index (χ1) is 14.4. The molecule has 3 amide bonds. The molecule has 2 aliphatic heterocycles. The van der Waals surface area contributed by atoms with Crippen molar-refractivity contribution in [3.05, 3.63) is 53.5 Å². The van der Waals surface area contributed by atoms with Crippen LogP contribution in [-0.2, 0) is 9.59 Å². The van der Waals surface area contributed by atoms with E-state index in [1.807, 2.05) is 32.0 Å². The molecule has 2 fully saturated rings. The summed E-state index contributed by atoms with van der Waals surface area (Å²) in [5.74, 6) is -0.210. The number of amides is 3. The molecule has 1 aromatic carbocycles. The lowest BCUT2D eigenvalue weighted by Crippen LogP contribution is -2.48. The number of rotatable bonds is 4. The second-order valence-electron chi connectivity index (χ2n) is 8.18. The number of likely N-dealkylation sites (tertiary alicyclic amines) is 1. The zero-order valence-electron chi connectivity index (χ0n) is 17.4. The summed E-state index contributed by atoms with van der Waals surface area (Å²) < 4.78 is 5.18. The molecule has 1 unspecified atom stereocenters. The van der Waals surface area contributed by atoms with Crippen LogP contribution in [0.4, 0.5) is 5.69 Å². The average Bonchev–Trinajstić information content (AvgIpc) is 3.40. The third-order valence-electron chi connectivity index (χ3n) is 6.22. The normalized spacial score (nSPS) is 19.9. The zero-order valence-corrected chi connectivity index (χ0v) is 17.4. The van der Waals surface area contributed by atoms with Crippen LogP contribution in [0, 0.1) is 19.8 Å². The molecule has 2 aromatic rings. The van der Waals surface area contributed by atoms with Gasteiger partial charge in [0.25, 0.3) is 5.91 Å². The molecule has 7 nitrogen and oxygen atoms in total. The minimum atomic E-state index is -0.347. The van der Waals surface area contributed by atoms with Gasteiger partial charge in [-0.2, -0.15) is 0 Å². The van der Waals surface area contributed by atoms with E-state index in [4.69, 9.17) is 4.42 Å². The molecular formula is C23H27N3O4. The number of piperidine rings is 1. The third-order valence-corrected chi connectivity index (χ3v) is 6.22. The third kappa shape index (κ3) is 3.97. The number of hydrogen-bond acceptors (Lipinski definition) is 4. The van der Waals surface area contributed by atoms with Gasteiger partial charge in [0, 0.05) is 37.8 Å². The molecule has 0 spiro atoms. The second-order valence-corrected chi connectivity index (χ2v) is 8.18. The molecule has 30 heavy (non-hydrogen) atoms. The van der Waals surface area contributed by atoms with Gasteiger partial charge in [-0.05, 0) is 56.0 Å². The maximum absolute atomic E-state index is 12.8. The number of nitrogens with one attached hydrogen (secondary N) is 1. The summed E-state index contributed by atoms with van der Waals surface area (Å²) in [5.41, 5.74) is 3.09. The van der Waals surface area contributed by atoms with Gasteiger partial charge in [-0.15, -0.1) is 0 Å². The molecule has 1 aromatic heterocycles. The molecule has 0 radical (unpaired) electrons. The number of carbonyl (C=O) groups excluding carboxylic acids is 3. The lowest BCUT2D eigenvalue weighted by atomic mass is 10.0. The fourth-order valence-electron chi connectivity index (χ4n) is 4.25. The van der Waals surface area contributed by atoms with Crippen LogP contribution in [0.25, 0.3) is 0 Å². The molecule has 3 heterocycles. The molecule has 1 atom stereocenters. The lowest BCUT2D eigenvalue weighted by molar-refractivity contribution is -0.127. The van der Waals surface area contributed by atoms with Crippen molar-refractivity contribution in [3.8, 4) is 0 Å². The van der Waals surface area contributed by atoms with Gasteiger partial charge < -0.3 is 19.5 Å². The van der Waals surface area contributed by atoms with Gasteiger partial charge >= 0.3 is 0 Å². The number of aryl methyl sites for hydroxylation is 1. The van der Waals surface area contributed by atoms with E-state index in [-0.39, 0.29) is 36.1 Å². The number of nitrogens with zero attached hydrogens (tertiary/aromatic N) is 2. The van der Waals surface area contributed by atoms with E-state index >= 15 is 0 Å². The van der Waals surface area contributed by atoms with Crippen LogP contribution in [0.15, 0.2) is 41.0 Å². The van der Waals surface area contributed by atoms with E-state index in [9.17, 15) is 14.4 Å². The Hall–Kier alpha value is -3.09. The van der Waals surface area contributed by atoms with E-state index in [0.717, 1.165) is 16.8 Å². The minimum Gasteiger partial charge on any atom is -0.459 e. The summed E-state index contributed by atoms with van der Waals surface area (Å²) in [6, 6.07) is 9.28. The van der Waals surface area contributed by atoms with Crippen molar-refractivity contribution in [1.82, 2.24) is 10.2 Å². The molecule has 2 saturated heterocycles. The molecule has 0 bridgehead atoms. The van der Waals surface area contributed by atoms with Crippen molar-refractivity contribution >= 4 is 23.4 Å². The van der Waals surface area contributed by atoms with Crippen LogP contribution in [0.3, 0.4) is 0 Å². The molecule has 7 heteroatoms. The molecule has 158 valence electrons.